The van der Waals surface area contributed by atoms with Crippen LogP contribution in [-0.4, -0.2) is 24.5 Å². The number of hydrogen-bond donors (Lipinski definition) is 0. The molecule has 0 fully saturated rings. The predicted molar refractivity (Wildman–Crippen MR) is 93.4 cm³/mol. The third kappa shape index (κ3) is 2.43. The molecule has 0 unspecified atom stereocenters. The van der Waals surface area contributed by atoms with E-state index in [2.05, 4.69) is 20.9 Å². The first-order valence-electron chi connectivity index (χ1n) is 7.25. The van der Waals surface area contributed by atoms with Crippen LogP contribution in [0.4, 0.5) is 0 Å². The van der Waals surface area contributed by atoms with E-state index in [9.17, 15) is 14.4 Å². The predicted octanol–water partition coefficient (Wildman–Crippen LogP) is 1.64. The summed E-state index contributed by atoms with van der Waals surface area (Å²) in [6.45, 7) is 1.70. The summed E-state index contributed by atoms with van der Waals surface area (Å²) in [6.07, 6.45) is 1.42. The van der Waals surface area contributed by atoms with E-state index in [1.54, 1.807) is 38.2 Å². The van der Waals surface area contributed by atoms with Crippen molar-refractivity contribution in [2.24, 2.45) is 14.1 Å². The Morgan fingerprint density at radius 1 is 1.12 bits per heavy atom. The van der Waals surface area contributed by atoms with E-state index in [0.29, 0.717) is 5.56 Å². The largest absolute Gasteiger partial charge is 0.332 e. The summed E-state index contributed by atoms with van der Waals surface area (Å²) in [6, 6.07) is 6.39. The number of hydrogen-bond acceptors (Lipinski definition) is 4. The van der Waals surface area contributed by atoms with Crippen molar-refractivity contribution in [3.8, 4) is 0 Å². The minimum absolute atomic E-state index is 0.141. The Hall–Kier alpha value is -2.48. The Bertz CT molecular complexity index is 1060. The van der Waals surface area contributed by atoms with Crippen LogP contribution in [0.2, 0.25) is 0 Å². The lowest BCUT2D eigenvalue weighted by Gasteiger charge is -2.14. The van der Waals surface area contributed by atoms with Crippen LogP contribution in [0.15, 0.2) is 44.7 Å². The molecule has 0 N–H and O–H groups in total. The normalized spacial score (nSPS) is 12.5. The van der Waals surface area contributed by atoms with E-state index in [0.717, 1.165) is 9.04 Å². The van der Waals surface area contributed by atoms with Crippen molar-refractivity contribution in [3.05, 3.63) is 61.5 Å². The molecule has 0 saturated heterocycles. The highest BCUT2D eigenvalue weighted by molar-refractivity contribution is 9.10. The van der Waals surface area contributed by atoms with E-state index in [-0.39, 0.29) is 16.9 Å². The zero-order valence-corrected chi connectivity index (χ0v) is 14.9. The molecular formula is C16H15BrN4O3. The van der Waals surface area contributed by atoms with Crippen molar-refractivity contribution in [2.45, 2.75) is 13.0 Å². The Labute approximate surface area is 145 Å². The average molecular weight is 391 g/mol. The second-order valence-corrected chi connectivity index (χ2v) is 6.49. The SMILES string of the molecule is C[C@H](C(=O)c1ccc(Br)cc1)n1cnc2c1c(=O)n(C)c(=O)n2C. The van der Waals surface area contributed by atoms with Crippen molar-refractivity contribution < 1.29 is 4.79 Å². The van der Waals surface area contributed by atoms with Crippen LogP contribution in [0, 0.1) is 0 Å². The Morgan fingerprint density at radius 2 is 1.75 bits per heavy atom. The maximum Gasteiger partial charge on any atom is 0.332 e. The summed E-state index contributed by atoms with van der Waals surface area (Å²) in [5.74, 6) is -0.141. The van der Waals surface area contributed by atoms with Crippen molar-refractivity contribution in [2.75, 3.05) is 0 Å². The van der Waals surface area contributed by atoms with Gasteiger partial charge in [0, 0.05) is 24.1 Å². The first kappa shape index (κ1) is 16.4. The second kappa shape index (κ2) is 5.86. The molecule has 1 aromatic carbocycles. The van der Waals surface area contributed by atoms with E-state index >= 15 is 0 Å². The lowest BCUT2D eigenvalue weighted by molar-refractivity contribution is 0.0936. The number of halogens is 1. The van der Waals surface area contributed by atoms with Gasteiger partial charge < -0.3 is 4.57 Å². The summed E-state index contributed by atoms with van der Waals surface area (Å²) in [5, 5.41) is 0. The highest BCUT2D eigenvalue weighted by atomic mass is 79.9. The molecule has 7 nitrogen and oxygen atoms in total. The summed E-state index contributed by atoms with van der Waals surface area (Å²) >= 11 is 3.33. The highest BCUT2D eigenvalue weighted by Crippen LogP contribution is 2.19. The third-order valence-corrected chi connectivity index (χ3v) is 4.63. The molecule has 0 spiro atoms. The second-order valence-electron chi connectivity index (χ2n) is 5.58. The lowest BCUT2D eigenvalue weighted by Crippen LogP contribution is -2.38. The maximum atomic E-state index is 12.7. The van der Waals surface area contributed by atoms with Gasteiger partial charge in [-0.3, -0.25) is 18.7 Å². The molecular weight excluding hydrogens is 376 g/mol. The number of benzene rings is 1. The number of carbonyl (C=O) groups is 1. The first-order chi connectivity index (χ1) is 11.3. The minimum Gasteiger partial charge on any atom is -0.314 e. The van der Waals surface area contributed by atoms with Gasteiger partial charge in [-0.05, 0) is 19.1 Å². The average Bonchev–Trinajstić information content (AvgIpc) is 3.02. The third-order valence-electron chi connectivity index (χ3n) is 4.10. The number of imidazole rings is 1. The number of nitrogens with zero attached hydrogens (tertiary/aromatic N) is 4. The zero-order valence-electron chi connectivity index (χ0n) is 13.4. The summed E-state index contributed by atoms with van der Waals surface area (Å²) in [4.78, 5) is 41.3. The maximum absolute atomic E-state index is 12.7. The molecule has 124 valence electrons. The number of Topliss-reactive ketones (excluding diaryl/α,β-unsaturated/α-hetero) is 1. The number of carbonyl (C=O) groups excluding carboxylic acids is 1. The van der Waals surface area contributed by atoms with Crippen molar-refractivity contribution in [1.29, 1.82) is 0 Å². The van der Waals surface area contributed by atoms with Crippen LogP contribution in [0.5, 0.6) is 0 Å². The zero-order chi connectivity index (χ0) is 17.6. The van der Waals surface area contributed by atoms with E-state index in [1.165, 1.54) is 22.5 Å². The van der Waals surface area contributed by atoms with Gasteiger partial charge in [0.15, 0.2) is 16.9 Å². The lowest BCUT2D eigenvalue weighted by atomic mass is 10.1. The molecule has 0 radical (unpaired) electrons. The molecule has 1 atom stereocenters. The standard InChI is InChI=1S/C16H15BrN4O3/c1-9(13(22)10-4-6-11(17)7-5-10)21-8-18-14-12(21)15(23)20(3)16(24)19(14)2/h4-9H,1-3H3/t9-/m1/s1. The fourth-order valence-corrected chi connectivity index (χ4v) is 2.90. The molecule has 0 aliphatic rings. The van der Waals surface area contributed by atoms with Gasteiger partial charge in [-0.15, -0.1) is 0 Å². The van der Waals surface area contributed by atoms with Gasteiger partial charge in [-0.25, -0.2) is 9.78 Å². The highest BCUT2D eigenvalue weighted by Gasteiger charge is 2.22. The van der Waals surface area contributed by atoms with Gasteiger partial charge >= 0.3 is 5.69 Å². The van der Waals surface area contributed by atoms with E-state index < -0.39 is 17.3 Å². The molecule has 0 saturated carbocycles. The van der Waals surface area contributed by atoms with Crippen LogP contribution < -0.4 is 11.2 Å². The number of aryl methyl sites for hydroxylation is 1. The Morgan fingerprint density at radius 3 is 2.38 bits per heavy atom. The van der Waals surface area contributed by atoms with Crippen LogP contribution in [0.3, 0.4) is 0 Å². The van der Waals surface area contributed by atoms with Gasteiger partial charge in [0.25, 0.3) is 5.56 Å². The minimum atomic E-state index is -0.624. The number of ketones is 1. The first-order valence-corrected chi connectivity index (χ1v) is 8.04. The van der Waals surface area contributed by atoms with Crippen molar-refractivity contribution in [3.63, 3.8) is 0 Å². The van der Waals surface area contributed by atoms with Crippen LogP contribution in [-0.2, 0) is 14.1 Å². The Kier molecular flexibility index (Phi) is 4.00. The molecule has 0 aliphatic heterocycles. The van der Waals surface area contributed by atoms with Crippen LogP contribution >= 0.6 is 15.9 Å². The fourth-order valence-electron chi connectivity index (χ4n) is 2.64. The topological polar surface area (TPSA) is 78.9 Å². The van der Waals surface area contributed by atoms with E-state index in [4.69, 9.17) is 0 Å². The summed E-state index contributed by atoms with van der Waals surface area (Å²) in [7, 11) is 2.95. The van der Waals surface area contributed by atoms with Gasteiger partial charge in [-0.1, -0.05) is 28.1 Å². The smallest absolute Gasteiger partial charge is 0.314 e. The monoisotopic (exact) mass is 390 g/mol. The Balaban J connectivity index is 2.16. The molecule has 2 heterocycles. The van der Waals surface area contributed by atoms with E-state index in [1.807, 2.05) is 0 Å². The number of aromatic nitrogens is 4. The van der Waals surface area contributed by atoms with Gasteiger partial charge in [0.05, 0.1) is 12.4 Å². The van der Waals surface area contributed by atoms with Crippen LogP contribution in [0.1, 0.15) is 23.3 Å². The molecule has 3 aromatic rings. The molecule has 24 heavy (non-hydrogen) atoms. The van der Waals surface area contributed by atoms with Gasteiger partial charge in [0.1, 0.15) is 0 Å². The summed E-state index contributed by atoms with van der Waals surface area (Å²) < 4.78 is 4.70. The van der Waals surface area contributed by atoms with Gasteiger partial charge in [0.2, 0.25) is 0 Å². The van der Waals surface area contributed by atoms with Crippen molar-refractivity contribution in [1.82, 2.24) is 18.7 Å². The number of fused-ring (bicyclic) bond motifs is 1. The van der Waals surface area contributed by atoms with Gasteiger partial charge in [-0.2, -0.15) is 0 Å². The molecule has 0 amide bonds. The molecule has 0 bridgehead atoms. The summed E-state index contributed by atoms with van der Waals surface area (Å²) in [5.41, 5.74) is 0.107. The van der Waals surface area contributed by atoms with Crippen molar-refractivity contribution >= 4 is 32.9 Å². The quantitative estimate of drug-likeness (QED) is 0.636. The number of rotatable bonds is 3. The molecule has 8 heteroatoms. The molecule has 2 aromatic heterocycles. The van der Waals surface area contributed by atoms with Crippen LogP contribution in [0.25, 0.3) is 11.2 Å². The fraction of sp³-hybridized carbons (Fsp3) is 0.250. The molecule has 3 rings (SSSR count). The molecule has 0 aliphatic carbocycles.